The van der Waals surface area contributed by atoms with Gasteiger partial charge >= 0.3 is 0 Å². The van der Waals surface area contributed by atoms with Crippen LogP contribution in [0.2, 0.25) is 0 Å². The predicted molar refractivity (Wildman–Crippen MR) is 100.0 cm³/mol. The van der Waals surface area contributed by atoms with Gasteiger partial charge in [0.05, 0.1) is 11.8 Å². The normalized spacial score (nSPS) is 10.5. The number of benzene rings is 2. The Morgan fingerprint density at radius 3 is 2.41 bits per heavy atom. The smallest absolute Gasteiger partial charge is 0.267 e. The van der Waals surface area contributed by atoms with Crippen LogP contribution in [0.1, 0.15) is 25.6 Å². The lowest BCUT2D eigenvalue weighted by Gasteiger charge is -2.12. The number of nitrogens with zero attached hydrogens (tertiary/aromatic N) is 1. The molecule has 138 valence electrons. The summed E-state index contributed by atoms with van der Waals surface area (Å²) in [7, 11) is 0. The van der Waals surface area contributed by atoms with Crippen LogP contribution in [-0.4, -0.2) is 16.8 Å². The number of nitrogens with two attached hydrogens (primary N) is 1. The van der Waals surface area contributed by atoms with Gasteiger partial charge in [0.1, 0.15) is 16.5 Å². The number of hydrogen-bond acceptors (Lipinski definition) is 5. The third-order valence-electron chi connectivity index (χ3n) is 3.66. The number of aromatic nitrogens is 1. The van der Waals surface area contributed by atoms with E-state index < -0.39 is 23.4 Å². The second kappa shape index (κ2) is 7.50. The zero-order valence-corrected chi connectivity index (χ0v) is 14.9. The van der Waals surface area contributed by atoms with Crippen LogP contribution in [0, 0.1) is 18.6 Å². The first kappa shape index (κ1) is 18.5. The average Bonchev–Trinajstić information content (AvgIpc) is 3.05. The second-order valence-corrected chi connectivity index (χ2v) is 6.69. The molecule has 0 aliphatic carbocycles. The van der Waals surface area contributed by atoms with Gasteiger partial charge in [-0.3, -0.25) is 9.59 Å². The molecule has 1 aromatic heterocycles. The van der Waals surface area contributed by atoms with Crippen LogP contribution in [0.15, 0.2) is 42.6 Å². The molecule has 6 nitrogen and oxygen atoms in total. The summed E-state index contributed by atoms with van der Waals surface area (Å²) in [6, 6.07) is 7.45. The summed E-state index contributed by atoms with van der Waals surface area (Å²) in [5.41, 5.74) is 6.28. The summed E-state index contributed by atoms with van der Waals surface area (Å²) in [6.45, 7) is 1.60. The number of rotatable bonds is 4. The van der Waals surface area contributed by atoms with Gasteiger partial charge in [0.2, 0.25) is 0 Å². The molecule has 1 heterocycles. The largest absolute Gasteiger partial charge is 0.375 e. The highest BCUT2D eigenvalue weighted by molar-refractivity contribution is 7.17. The van der Waals surface area contributed by atoms with Crippen LogP contribution in [0.5, 0.6) is 0 Å². The van der Waals surface area contributed by atoms with Crippen molar-refractivity contribution in [3.63, 3.8) is 0 Å². The van der Waals surface area contributed by atoms with Crippen LogP contribution in [-0.2, 0) is 0 Å². The van der Waals surface area contributed by atoms with Crippen molar-refractivity contribution in [3.05, 3.63) is 70.2 Å². The van der Waals surface area contributed by atoms with Crippen molar-refractivity contribution in [2.24, 2.45) is 0 Å². The first-order valence-corrected chi connectivity index (χ1v) is 8.55. The minimum Gasteiger partial charge on any atom is -0.375 e. The van der Waals surface area contributed by atoms with E-state index in [1.54, 1.807) is 6.92 Å². The van der Waals surface area contributed by atoms with Gasteiger partial charge in [-0.15, -0.1) is 0 Å². The SMILES string of the molecule is Cc1cc(F)c(C(=O)Nc2ccc(F)cc2)cc1NC(=O)c1cnc(N)s1. The molecule has 3 rings (SSSR count). The van der Waals surface area contributed by atoms with Gasteiger partial charge < -0.3 is 16.4 Å². The second-order valence-electron chi connectivity index (χ2n) is 5.62. The molecule has 0 saturated heterocycles. The first-order valence-electron chi connectivity index (χ1n) is 7.73. The Bertz CT molecular complexity index is 1020. The lowest BCUT2D eigenvalue weighted by molar-refractivity contribution is 0.101. The number of amides is 2. The molecule has 0 bridgehead atoms. The van der Waals surface area contributed by atoms with Crippen molar-refractivity contribution in [1.29, 1.82) is 0 Å². The Kier molecular flexibility index (Phi) is 5.13. The van der Waals surface area contributed by atoms with Gasteiger partial charge in [-0.1, -0.05) is 11.3 Å². The molecule has 0 aliphatic rings. The Morgan fingerprint density at radius 2 is 1.78 bits per heavy atom. The van der Waals surface area contributed by atoms with E-state index in [-0.39, 0.29) is 21.3 Å². The monoisotopic (exact) mass is 388 g/mol. The van der Waals surface area contributed by atoms with Gasteiger partial charge in [-0.2, -0.15) is 0 Å². The number of anilines is 3. The molecule has 0 radical (unpaired) electrons. The summed E-state index contributed by atoms with van der Waals surface area (Å²) < 4.78 is 27.2. The van der Waals surface area contributed by atoms with Gasteiger partial charge in [-0.25, -0.2) is 13.8 Å². The average molecular weight is 388 g/mol. The number of nitrogen functional groups attached to an aromatic ring is 1. The summed E-state index contributed by atoms with van der Waals surface area (Å²) in [4.78, 5) is 28.7. The van der Waals surface area contributed by atoms with Crippen molar-refractivity contribution >= 4 is 39.7 Å². The van der Waals surface area contributed by atoms with E-state index in [9.17, 15) is 18.4 Å². The minimum atomic E-state index is -0.743. The molecule has 0 spiro atoms. The van der Waals surface area contributed by atoms with E-state index in [1.807, 2.05) is 0 Å². The van der Waals surface area contributed by atoms with Crippen LogP contribution in [0.4, 0.5) is 25.3 Å². The summed E-state index contributed by atoms with van der Waals surface area (Å²) in [6.07, 6.45) is 1.33. The van der Waals surface area contributed by atoms with Crippen LogP contribution in [0.3, 0.4) is 0 Å². The quantitative estimate of drug-likeness (QED) is 0.633. The zero-order valence-electron chi connectivity index (χ0n) is 14.0. The van der Waals surface area contributed by atoms with Gasteiger partial charge in [0.15, 0.2) is 5.13 Å². The number of hydrogen-bond donors (Lipinski definition) is 3. The van der Waals surface area contributed by atoms with E-state index in [2.05, 4.69) is 15.6 Å². The van der Waals surface area contributed by atoms with E-state index in [4.69, 9.17) is 5.73 Å². The highest BCUT2D eigenvalue weighted by Gasteiger charge is 2.17. The molecule has 3 aromatic rings. The Morgan fingerprint density at radius 1 is 1.07 bits per heavy atom. The maximum atomic E-state index is 14.3. The molecule has 2 amide bonds. The third kappa shape index (κ3) is 4.26. The van der Waals surface area contributed by atoms with Crippen molar-refractivity contribution in [2.75, 3.05) is 16.4 Å². The number of aryl methyl sites for hydroxylation is 1. The number of carbonyl (C=O) groups excluding carboxylic acids is 2. The summed E-state index contributed by atoms with van der Waals surface area (Å²) in [5, 5.41) is 5.34. The lowest BCUT2D eigenvalue weighted by Crippen LogP contribution is -2.16. The van der Waals surface area contributed by atoms with Crippen molar-refractivity contribution in [3.8, 4) is 0 Å². The Balaban J connectivity index is 1.83. The Labute approximate surface area is 157 Å². The number of nitrogens with one attached hydrogen (secondary N) is 2. The van der Waals surface area contributed by atoms with Crippen molar-refractivity contribution < 1.29 is 18.4 Å². The molecule has 0 fully saturated rings. The molecule has 27 heavy (non-hydrogen) atoms. The van der Waals surface area contributed by atoms with Gasteiger partial charge in [0, 0.05) is 11.4 Å². The van der Waals surface area contributed by atoms with Crippen molar-refractivity contribution in [2.45, 2.75) is 6.92 Å². The zero-order chi connectivity index (χ0) is 19.6. The molecular formula is C18H14F2N4O2S. The Hall–Kier alpha value is -3.33. The fourth-order valence-corrected chi connectivity index (χ4v) is 2.87. The van der Waals surface area contributed by atoms with E-state index in [0.717, 1.165) is 17.4 Å². The standard InChI is InChI=1S/C18H14F2N4O2S/c1-9-6-13(20)12(16(25)23-11-4-2-10(19)3-5-11)7-14(9)24-17(26)15-8-22-18(21)27-15/h2-8H,1H3,(H2,21,22)(H,23,25)(H,24,26). The number of thiazole rings is 1. The molecule has 0 unspecified atom stereocenters. The fourth-order valence-electron chi connectivity index (χ4n) is 2.29. The maximum Gasteiger partial charge on any atom is 0.267 e. The molecule has 0 atom stereocenters. The molecule has 4 N–H and O–H groups in total. The summed E-state index contributed by atoms with van der Waals surface area (Å²) in [5.74, 6) is -2.39. The molecule has 0 aliphatic heterocycles. The lowest BCUT2D eigenvalue weighted by atomic mass is 10.1. The molecule has 0 saturated carbocycles. The fraction of sp³-hybridized carbons (Fsp3) is 0.0556. The van der Waals surface area contributed by atoms with Crippen LogP contribution >= 0.6 is 11.3 Å². The van der Waals surface area contributed by atoms with E-state index in [0.29, 0.717) is 11.3 Å². The van der Waals surface area contributed by atoms with Gasteiger partial charge in [-0.05, 0) is 48.9 Å². The van der Waals surface area contributed by atoms with Gasteiger partial charge in [0.25, 0.3) is 11.8 Å². The van der Waals surface area contributed by atoms with E-state index >= 15 is 0 Å². The van der Waals surface area contributed by atoms with Crippen LogP contribution < -0.4 is 16.4 Å². The first-order chi connectivity index (χ1) is 12.8. The molecular weight excluding hydrogens is 374 g/mol. The molecule has 9 heteroatoms. The van der Waals surface area contributed by atoms with Crippen molar-refractivity contribution in [1.82, 2.24) is 4.98 Å². The maximum absolute atomic E-state index is 14.3. The minimum absolute atomic E-state index is 0.246. The van der Waals surface area contributed by atoms with E-state index in [1.165, 1.54) is 36.5 Å². The topological polar surface area (TPSA) is 97.1 Å². The highest BCUT2D eigenvalue weighted by atomic mass is 32.1. The predicted octanol–water partition coefficient (Wildman–Crippen LogP) is 3.82. The summed E-state index contributed by atoms with van der Waals surface area (Å²) >= 11 is 1.01. The highest BCUT2D eigenvalue weighted by Crippen LogP contribution is 2.23. The number of carbonyl (C=O) groups is 2. The van der Waals surface area contributed by atoms with Crippen LogP contribution in [0.25, 0.3) is 0 Å². The third-order valence-corrected chi connectivity index (χ3v) is 4.48. The molecule has 2 aromatic carbocycles. The number of halogens is 2.